The minimum Gasteiger partial charge on any atom is -0.266 e. The van der Waals surface area contributed by atoms with E-state index in [-0.39, 0.29) is 0 Å². The van der Waals surface area contributed by atoms with Crippen LogP contribution in [0, 0.1) is 5.92 Å². The maximum atomic E-state index is 4.25. The number of rotatable bonds is 4. The third-order valence-corrected chi connectivity index (χ3v) is 1.52. The second-order valence-electron chi connectivity index (χ2n) is 3.23. The molecule has 0 unspecified atom stereocenters. The lowest BCUT2D eigenvalue weighted by atomic mass is 10.1. The predicted octanol–water partition coefficient (Wildman–Crippen LogP) is 3.42. The van der Waals surface area contributed by atoms with Gasteiger partial charge < -0.3 is 0 Å². The van der Waals surface area contributed by atoms with Gasteiger partial charge >= 0.3 is 0 Å². The molecule has 0 aromatic heterocycles. The highest BCUT2D eigenvalue weighted by Crippen LogP contribution is 1.99. The average molecular weight is 153 g/mol. The fraction of sp³-hybridized carbons (Fsp3) is 0.700. The smallest absolute Gasteiger partial charge is 0.0227 e. The number of aliphatic imine (C=N–C) groups is 1. The van der Waals surface area contributed by atoms with E-state index in [9.17, 15) is 0 Å². The Balaban J connectivity index is 3.59. The lowest BCUT2D eigenvalue weighted by molar-refractivity contribution is 0.663. The Bertz CT molecular complexity index is 143. The third kappa shape index (κ3) is 7.31. The molecule has 0 aliphatic heterocycles. The van der Waals surface area contributed by atoms with Crippen molar-refractivity contribution in [3.05, 3.63) is 12.3 Å². The lowest BCUT2D eigenvalue weighted by Gasteiger charge is -1.95. The first kappa shape index (κ1) is 10.4. The van der Waals surface area contributed by atoms with Crippen molar-refractivity contribution in [3.8, 4) is 0 Å². The molecule has 0 amide bonds. The summed E-state index contributed by atoms with van der Waals surface area (Å²) in [4.78, 5) is 4.25. The van der Waals surface area contributed by atoms with Crippen molar-refractivity contribution in [1.82, 2.24) is 0 Å². The monoisotopic (exact) mass is 153 g/mol. The van der Waals surface area contributed by atoms with E-state index in [2.05, 4.69) is 38.8 Å². The van der Waals surface area contributed by atoms with Crippen LogP contribution in [0.4, 0.5) is 0 Å². The fourth-order valence-electron chi connectivity index (χ4n) is 0.604. The highest BCUT2D eigenvalue weighted by atomic mass is 14.7. The summed E-state index contributed by atoms with van der Waals surface area (Å²) >= 11 is 0. The predicted molar refractivity (Wildman–Crippen MR) is 52.0 cm³/mol. The second kappa shape index (κ2) is 6.14. The number of hydrogen-bond donors (Lipinski definition) is 0. The van der Waals surface area contributed by atoms with Gasteiger partial charge in [-0.25, -0.2) is 0 Å². The first-order valence-electron chi connectivity index (χ1n) is 4.35. The maximum absolute atomic E-state index is 4.25. The number of nitrogens with zero attached hydrogens (tertiary/aromatic N) is 1. The zero-order chi connectivity index (χ0) is 8.69. The van der Waals surface area contributed by atoms with E-state index in [0.29, 0.717) is 0 Å². The van der Waals surface area contributed by atoms with Crippen LogP contribution in [-0.2, 0) is 0 Å². The van der Waals surface area contributed by atoms with Crippen LogP contribution >= 0.6 is 0 Å². The topological polar surface area (TPSA) is 12.4 Å². The highest BCUT2D eigenvalue weighted by Gasteiger charge is 1.86. The molecule has 11 heavy (non-hydrogen) atoms. The van der Waals surface area contributed by atoms with E-state index in [4.69, 9.17) is 0 Å². The van der Waals surface area contributed by atoms with Crippen LogP contribution in [0.15, 0.2) is 17.3 Å². The minimum atomic E-state index is 0.739. The summed E-state index contributed by atoms with van der Waals surface area (Å²) in [6, 6.07) is 0. The van der Waals surface area contributed by atoms with Gasteiger partial charge in [0.1, 0.15) is 0 Å². The van der Waals surface area contributed by atoms with Crippen molar-refractivity contribution >= 4 is 5.71 Å². The molecule has 1 heteroatoms. The summed E-state index contributed by atoms with van der Waals surface area (Å²) < 4.78 is 0. The molecule has 0 rings (SSSR count). The van der Waals surface area contributed by atoms with Crippen molar-refractivity contribution in [2.45, 2.75) is 40.5 Å². The Morgan fingerprint density at radius 2 is 2.09 bits per heavy atom. The van der Waals surface area contributed by atoms with Gasteiger partial charge in [0.25, 0.3) is 0 Å². The van der Waals surface area contributed by atoms with Crippen molar-refractivity contribution in [2.24, 2.45) is 10.9 Å². The van der Waals surface area contributed by atoms with Gasteiger partial charge in [0.15, 0.2) is 0 Å². The van der Waals surface area contributed by atoms with E-state index >= 15 is 0 Å². The lowest BCUT2D eigenvalue weighted by Crippen LogP contribution is -1.84. The molecule has 0 N–H and O–H groups in total. The van der Waals surface area contributed by atoms with Gasteiger partial charge in [-0.05, 0) is 25.7 Å². The van der Waals surface area contributed by atoms with Gasteiger partial charge in [-0.1, -0.05) is 26.8 Å². The Labute approximate surface area is 70.2 Å². The normalized spacial score (nSPS) is 13.4. The van der Waals surface area contributed by atoms with Crippen LogP contribution in [-0.4, -0.2) is 5.71 Å². The summed E-state index contributed by atoms with van der Waals surface area (Å²) in [5.41, 5.74) is 1.20. The molecule has 0 spiro atoms. The Morgan fingerprint density at radius 3 is 2.55 bits per heavy atom. The van der Waals surface area contributed by atoms with Crippen LogP contribution in [0.5, 0.6) is 0 Å². The molecule has 0 saturated carbocycles. The summed E-state index contributed by atoms with van der Waals surface area (Å²) in [6.45, 7) is 8.59. The molecule has 0 bridgehead atoms. The fourth-order valence-corrected chi connectivity index (χ4v) is 0.604. The first-order valence-corrected chi connectivity index (χ1v) is 4.35. The molecule has 0 heterocycles. The minimum absolute atomic E-state index is 0.739. The zero-order valence-corrected chi connectivity index (χ0v) is 8.09. The van der Waals surface area contributed by atoms with Crippen LogP contribution < -0.4 is 0 Å². The van der Waals surface area contributed by atoms with Crippen LogP contribution in [0.25, 0.3) is 0 Å². The van der Waals surface area contributed by atoms with Crippen LogP contribution in [0.3, 0.4) is 0 Å². The van der Waals surface area contributed by atoms with Gasteiger partial charge in [-0.3, -0.25) is 4.99 Å². The Kier molecular flexibility index (Phi) is 5.81. The van der Waals surface area contributed by atoms with Crippen molar-refractivity contribution in [1.29, 1.82) is 0 Å². The molecule has 0 aromatic rings. The molecule has 0 radical (unpaired) electrons. The van der Waals surface area contributed by atoms with Gasteiger partial charge in [-0.15, -0.1) is 0 Å². The van der Waals surface area contributed by atoms with E-state index in [0.717, 1.165) is 18.8 Å². The third-order valence-electron chi connectivity index (χ3n) is 1.52. The van der Waals surface area contributed by atoms with E-state index < -0.39 is 0 Å². The second-order valence-corrected chi connectivity index (χ2v) is 3.23. The molecular weight excluding hydrogens is 134 g/mol. The molecule has 0 aromatic carbocycles. The van der Waals surface area contributed by atoms with Crippen LogP contribution in [0.2, 0.25) is 0 Å². The summed E-state index contributed by atoms with van der Waals surface area (Å²) in [5.74, 6) is 0.739. The van der Waals surface area contributed by atoms with Crippen molar-refractivity contribution in [3.63, 3.8) is 0 Å². The SMILES string of the molecule is CCC(C)=N/C=C/CC(C)C. The van der Waals surface area contributed by atoms with Crippen LogP contribution in [0.1, 0.15) is 40.5 Å². The summed E-state index contributed by atoms with van der Waals surface area (Å²) in [7, 11) is 0. The quantitative estimate of drug-likeness (QED) is 0.549. The number of allylic oxidation sites excluding steroid dienone is 1. The van der Waals surface area contributed by atoms with E-state index in [1.54, 1.807) is 0 Å². The van der Waals surface area contributed by atoms with Gasteiger partial charge in [-0.2, -0.15) is 0 Å². The molecule has 0 fully saturated rings. The summed E-state index contributed by atoms with van der Waals surface area (Å²) in [6.07, 6.45) is 6.22. The van der Waals surface area contributed by atoms with Gasteiger partial charge in [0.05, 0.1) is 0 Å². The Hall–Kier alpha value is -0.590. The molecule has 1 nitrogen and oxygen atoms in total. The molecule has 0 aliphatic rings. The first-order chi connectivity index (χ1) is 5.16. The van der Waals surface area contributed by atoms with E-state index in [1.165, 1.54) is 5.71 Å². The molecular formula is C10H19N. The standard InChI is InChI=1S/C10H19N/c1-5-10(4)11-8-6-7-9(2)3/h6,8-9H,5,7H2,1-4H3/b8-6+,11-10?. The molecule has 0 atom stereocenters. The number of hydrogen-bond acceptors (Lipinski definition) is 1. The molecule has 0 aliphatic carbocycles. The van der Waals surface area contributed by atoms with Crippen molar-refractivity contribution in [2.75, 3.05) is 0 Å². The summed E-state index contributed by atoms with van der Waals surface area (Å²) in [5, 5.41) is 0. The zero-order valence-electron chi connectivity index (χ0n) is 8.09. The van der Waals surface area contributed by atoms with E-state index in [1.807, 2.05) is 6.20 Å². The average Bonchev–Trinajstić information content (AvgIpc) is 1.97. The van der Waals surface area contributed by atoms with Gasteiger partial charge in [0, 0.05) is 11.9 Å². The highest BCUT2D eigenvalue weighted by molar-refractivity contribution is 5.82. The molecule has 64 valence electrons. The largest absolute Gasteiger partial charge is 0.266 e. The van der Waals surface area contributed by atoms with Gasteiger partial charge in [0.2, 0.25) is 0 Å². The van der Waals surface area contributed by atoms with Crippen molar-refractivity contribution < 1.29 is 0 Å². The Morgan fingerprint density at radius 1 is 1.45 bits per heavy atom. The maximum Gasteiger partial charge on any atom is 0.0227 e. The molecule has 0 saturated heterocycles.